The van der Waals surface area contributed by atoms with E-state index in [0.29, 0.717) is 5.75 Å². The summed E-state index contributed by atoms with van der Waals surface area (Å²) in [5.41, 5.74) is -1.69. The molecule has 0 spiro atoms. The Morgan fingerprint density at radius 2 is 1.41 bits per heavy atom. The molecule has 0 aliphatic rings. The summed E-state index contributed by atoms with van der Waals surface area (Å²) < 4.78 is 10.7. The second kappa shape index (κ2) is 7.57. The predicted molar refractivity (Wildman–Crippen MR) is 91.2 cm³/mol. The van der Waals surface area contributed by atoms with E-state index in [0.717, 1.165) is 0 Å². The van der Waals surface area contributed by atoms with Crippen molar-refractivity contribution in [3.8, 4) is 0 Å². The maximum absolute atomic E-state index is 12.5. The molecule has 1 atom stereocenters. The highest BCUT2D eigenvalue weighted by molar-refractivity contribution is 7.98. The molecule has 6 heteroatoms. The molecule has 0 aromatic carbocycles. The van der Waals surface area contributed by atoms with Gasteiger partial charge < -0.3 is 14.8 Å². The molecule has 5 nitrogen and oxygen atoms in total. The number of nitrogens with one attached hydrogen (secondary N) is 1. The minimum absolute atomic E-state index is 0.447. The van der Waals surface area contributed by atoms with Gasteiger partial charge in [-0.25, -0.2) is 9.59 Å². The summed E-state index contributed by atoms with van der Waals surface area (Å²) >= 11 is 1.61. The summed E-state index contributed by atoms with van der Waals surface area (Å²) in [4.78, 5) is 24.5. The molecule has 0 rings (SSSR count). The average molecular weight is 333 g/mol. The number of amides is 1. The van der Waals surface area contributed by atoms with E-state index in [1.54, 1.807) is 53.3 Å². The molecule has 1 N–H and O–H groups in total. The van der Waals surface area contributed by atoms with Crippen LogP contribution in [0.3, 0.4) is 0 Å². The van der Waals surface area contributed by atoms with Gasteiger partial charge in [0.05, 0.1) is 0 Å². The molecular formula is C16H31NO4S. The molecule has 0 aliphatic heterocycles. The lowest BCUT2D eigenvalue weighted by Crippen LogP contribution is -2.54. The van der Waals surface area contributed by atoms with Crippen LogP contribution in [0.5, 0.6) is 0 Å². The van der Waals surface area contributed by atoms with Crippen LogP contribution in [0.15, 0.2) is 0 Å². The van der Waals surface area contributed by atoms with Gasteiger partial charge in [0.2, 0.25) is 0 Å². The van der Waals surface area contributed by atoms with Gasteiger partial charge in [-0.05, 0) is 47.8 Å². The third-order valence-electron chi connectivity index (χ3n) is 2.60. The van der Waals surface area contributed by atoms with Gasteiger partial charge >= 0.3 is 12.1 Å². The van der Waals surface area contributed by atoms with Crippen molar-refractivity contribution in [2.45, 2.75) is 72.6 Å². The monoisotopic (exact) mass is 333 g/mol. The van der Waals surface area contributed by atoms with Crippen molar-refractivity contribution in [2.75, 3.05) is 12.0 Å². The number of esters is 1. The summed E-state index contributed by atoms with van der Waals surface area (Å²) in [7, 11) is 0. The Bertz CT molecular complexity index is 394. The smallest absolute Gasteiger partial charge is 0.408 e. The largest absolute Gasteiger partial charge is 0.458 e. The Hall–Kier alpha value is -0.910. The van der Waals surface area contributed by atoms with Crippen molar-refractivity contribution in [1.82, 2.24) is 5.32 Å². The fraction of sp³-hybridized carbons (Fsp3) is 0.875. The zero-order valence-corrected chi connectivity index (χ0v) is 16.1. The van der Waals surface area contributed by atoms with E-state index < -0.39 is 34.7 Å². The zero-order chi connectivity index (χ0) is 17.8. The number of rotatable bonds is 5. The fourth-order valence-electron chi connectivity index (χ4n) is 1.81. The summed E-state index contributed by atoms with van der Waals surface area (Å²) in [5.74, 6) is 0.254. The van der Waals surface area contributed by atoms with Gasteiger partial charge in [0.15, 0.2) is 0 Å². The number of thioether (sulfide) groups is 1. The van der Waals surface area contributed by atoms with Gasteiger partial charge in [-0.15, -0.1) is 0 Å². The summed E-state index contributed by atoms with van der Waals surface area (Å²) in [5, 5.41) is 2.67. The molecule has 0 unspecified atom stereocenters. The van der Waals surface area contributed by atoms with Crippen molar-refractivity contribution < 1.29 is 19.1 Å². The Balaban J connectivity index is 5.18. The molecule has 0 heterocycles. The van der Waals surface area contributed by atoms with Crippen LogP contribution in [-0.4, -0.2) is 41.3 Å². The van der Waals surface area contributed by atoms with E-state index in [9.17, 15) is 9.59 Å². The lowest BCUT2D eigenvalue weighted by molar-refractivity contribution is -0.160. The maximum Gasteiger partial charge on any atom is 0.408 e. The van der Waals surface area contributed by atoms with Crippen molar-refractivity contribution in [3.05, 3.63) is 0 Å². The highest BCUT2D eigenvalue weighted by Gasteiger charge is 2.39. The second-order valence-corrected chi connectivity index (χ2v) is 8.90. The number of alkyl carbamates (subject to hydrolysis) is 1. The van der Waals surface area contributed by atoms with Crippen LogP contribution in [0.2, 0.25) is 0 Å². The Morgan fingerprint density at radius 3 is 1.77 bits per heavy atom. The first-order chi connectivity index (χ1) is 9.68. The molecule has 0 saturated heterocycles. The van der Waals surface area contributed by atoms with E-state index in [-0.39, 0.29) is 0 Å². The molecule has 1 amide bonds. The summed E-state index contributed by atoms with van der Waals surface area (Å²) in [6.07, 6.45) is 1.35. The van der Waals surface area contributed by atoms with E-state index >= 15 is 0 Å². The number of ether oxygens (including phenoxy) is 2. The molecule has 130 valence electrons. The summed E-state index contributed by atoms with van der Waals surface area (Å²) in [6, 6.07) is -0.769. The molecule has 22 heavy (non-hydrogen) atoms. The number of hydrogen-bond donors (Lipinski definition) is 1. The van der Waals surface area contributed by atoms with Crippen LogP contribution in [0, 0.1) is 5.41 Å². The molecule has 0 aromatic rings. The topological polar surface area (TPSA) is 64.6 Å². The third-order valence-corrected chi connectivity index (χ3v) is 3.63. The first kappa shape index (κ1) is 21.1. The van der Waals surface area contributed by atoms with E-state index in [4.69, 9.17) is 9.47 Å². The third kappa shape index (κ3) is 8.51. The molecule has 0 bridgehead atoms. The first-order valence-corrected chi connectivity index (χ1v) is 8.79. The van der Waals surface area contributed by atoms with Crippen LogP contribution < -0.4 is 5.32 Å². The quantitative estimate of drug-likeness (QED) is 0.779. The van der Waals surface area contributed by atoms with E-state index in [1.807, 2.05) is 20.1 Å². The first-order valence-electron chi connectivity index (χ1n) is 7.39. The van der Waals surface area contributed by atoms with Gasteiger partial charge in [-0.1, -0.05) is 13.8 Å². The Kier molecular flexibility index (Phi) is 7.26. The van der Waals surface area contributed by atoms with Crippen molar-refractivity contribution in [3.63, 3.8) is 0 Å². The predicted octanol–water partition coefficient (Wildman–Crippen LogP) is 3.61. The lowest BCUT2D eigenvalue weighted by atomic mass is 9.86. The Labute approximate surface area is 138 Å². The van der Waals surface area contributed by atoms with Crippen LogP contribution in [0.4, 0.5) is 4.79 Å². The minimum atomic E-state index is -0.769. The highest BCUT2D eigenvalue weighted by atomic mass is 32.2. The molecule has 0 aliphatic carbocycles. The molecule has 0 aromatic heterocycles. The summed E-state index contributed by atoms with van der Waals surface area (Å²) in [6.45, 7) is 14.6. The SMILES string of the molecule is CSCC(C)(C)[C@H](NC(=O)OC(C)(C)C)C(=O)OC(C)(C)C. The molecular weight excluding hydrogens is 302 g/mol. The minimum Gasteiger partial charge on any atom is -0.458 e. The van der Waals surface area contributed by atoms with Crippen LogP contribution >= 0.6 is 11.8 Å². The normalized spacial score (nSPS) is 14.2. The van der Waals surface area contributed by atoms with Crippen molar-refractivity contribution in [2.24, 2.45) is 5.41 Å². The van der Waals surface area contributed by atoms with Gasteiger partial charge in [-0.2, -0.15) is 11.8 Å². The van der Waals surface area contributed by atoms with Gasteiger partial charge in [0, 0.05) is 11.2 Å². The molecule has 0 radical (unpaired) electrons. The van der Waals surface area contributed by atoms with Crippen molar-refractivity contribution >= 4 is 23.8 Å². The molecule has 0 saturated carbocycles. The van der Waals surface area contributed by atoms with Crippen LogP contribution in [0.1, 0.15) is 55.4 Å². The van der Waals surface area contributed by atoms with E-state index in [1.165, 1.54) is 0 Å². The number of hydrogen-bond acceptors (Lipinski definition) is 5. The van der Waals surface area contributed by atoms with Gasteiger partial charge in [0.1, 0.15) is 17.2 Å². The Morgan fingerprint density at radius 1 is 0.955 bits per heavy atom. The lowest BCUT2D eigenvalue weighted by Gasteiger charge is -2.35. The standard InChI is InChI=1S/C16H31NO4S/c1-14(2,3)20-12(18)11(16(7,8)10-22-9)17-13(19)21-15(4,5)6/h11H,10H2,1-9H3,(H,17,19)/t11-/m1/s1. The van der Waals surface area contributed by atoms with Crippen LogP contribution in [0.25, 0.3) is 0 Å². The average Bonchev–Trinajstić information content (AvgIpc) is 2.20. The van der Waals surface area contributed by atoms with E-state index in [2.05, 4.69) is 5.32 Å². The second-order valence-electron chi connectivity index (χ2n) is 8.03. The highest BCUT2D eigenvalue weighted by Crippen LogP contribution is 2.27. The van der Waals surface area contributed by atoms with Crippen molar-refractivity contribution in [1.29, 1.82) is 0 Å². The number of carbonyl (C=O) groups excluding carboxylic acids is 2. The maximum atomic E-state index is 12.5. The van der Waals surface area contributed by atoms with Gasteiger partial charge in [0.25, 0.3) is 0 Å². The van der Waals surface area contributed by atoms with Crippen LogP contribution in [-0.2, 0) is 14.3 Å². The molecule has 0 fully saturated rings. The zero-order valence-electron chi connectivity index (χ0n) is 15.3. The number of carbonyl (C=O) groups is 2. The fourth-order valence-corrected chi connectivity index (χ4v) is 2.73. The van der Waals surface area contributed by atoms with Gasteiger partial charge in [-0.3, -0.25) is 0 Å².